The van der Waals surface area contributed by atoms with Gasteiger partial charge in [0.2, 0.25) is 9.84 Å². The van der Waals surface area contributed by atoms with Gasteiger partial charge in [-0.3, -0.25) is 0 Å². The van der Waals surface area contributed by atoms with Crippen LogP contribution < -0.4 is 4.90 Å². The zero-order valence-corrected chi connectivity index (χ0v) is 27.4. The summed E-state index contributed by atoms with van der Waals surface area (Å²) < 4.78 is 32.6. The maximum absolute atomic E-state index is 13.6. The number of halogens is 1. The SMILES string of the molecule is CCCCCCCCCCCCCCOC(=O)/C(=C/C=C/N(c1ccccc1)c1ccccc1)S(=O)(=O)c1ccc(Cl)cc1. The summed E-state index contributed by atoms with van der Waals surface area (Å²) in [4.78, 5) is 14.7. The van der Waals surface area contributed by atoms with Crippen molar-refractivity contribution in [2.45, 2.75) is 88.9 Å². The molecule has 0 atom stereocenters. The third-order valence-electron chi connectivity index (χ3n) is 7.40. The molecule has 0 aliphatic carbocycles. The highest BCUT2D eigenvalue weighted by molar-refractivity contribution is 7.96. The average molecular weight is 636 g/mol. The maximum atomic E-state index is 13.6. The van der Waals surface area contributed by atoms with Gasteiger partial charge in [0.1, 0.15) is 0 Å². The summed E-state index contributed by atoms with van der Waals surface area (Å²) in [7, 11) is -4.15. The lowest BCUT2D eigenvalue weighted by atomic mass is 10.1. The van der Waals surface area contributed by atoms with Gasteiger partial charge in [0.05, 0.1) is 11.5 Å². The number of carbonyl (C=O) groups is 1. The fourth-order valence-corrected chi connectivity index (χ4v) is 6.31. The summed E-state index contributed by atoms with van der Waals surface area (Å²) in [5.74, 6) is -0.862. The van der Waals surface area contributed by atoms with E-state index >= 15 is 0 Å². The van der Waals surface area contributed by atoms with Gasteiger partial charge in [-0.2, -0.15) is 0 Å². The summed E-state index contributed by atoms with van der Waals surface area (Å²) >= 11 is 5.99. The molecule has 236 valence electrons. The highest BCUT2D eigenvalue weighted by Gasteiger charge is 2.28. The summed E-state index contributed by atoms with van der Waals surface area (Å²) in [5, 5.41) is 0.408. The first-order valence-electron chi connectivity index (χ1n) is 15.9. The Labute approximate surface area is 269 Å². The number of rotatable bonds is 20. The monoisotopic (exact) mass is 635 g/mol. The normalized spacial score (nSPS) is 12.0. The Morgan fingerprint density at radius 3 is 1.68 bits per heavy atom. The highest BCUT2D eigenvalue weighted by Crippen LogP contribution is 2.26. The lowest BCUT2D eigenvalue weighted by Crippen LogP contribution is -2.17. The molecule has 0 aliphatic heterocycles. The lowest BCUT2D eigenvalue weighted by Gasteiger charge is -2.20. The number of esters is 1. The van der Waals surface area contributed by atoms with Crippen molar-refractivity contribution in [3.63, 3.8) is 0 Å². The molecular weight excluding hydrogens is 590 g/mol. The van der Waals surface area contributed by atoms with Crippen molar-refractivity contribution < 1.29 is 17.9 Å². The standard InChI is InChI=1S/C37H46ClNO4S/c1-2-3-4-5-6-7-8-9-10-11-12-19-31-43-37(40)36(44(41,42)35-28-26-32(38)27-29-35)25-20-30-39(33-21-15-13-16-22-33)34-23-17-14-18-24-34/h13-18,20-30H,2-12,19,31H2,1H3/b30-20+,36-25-. The molecule has 0 saturated carbocycles. The van der Waals surface area contributed by atoms with Crippen LogP contribution in [0.5, 0.6) is 0 Å². The molecule has 0 amide bonds. The molecule has 0 radical (unpaired) electrons. The van der Waals surface area contributed by atoms with Crippen molar-refractivity contribution in [1.29, 1.82) is 0 Å². The topological polar surface area (TPSA) is 63.7 Å². The number of carbonyl (C=O) groups excluding carboxylic acids is 1. The molecule has 0 unspecified atom stereocenters. The van der Waals surface area contributed by atoms with E-state index < -0.39 is 20.7 Å². The molecule has 0 aromatic heterocycles. The van der Waals surface area contributed by atoms with Gasteiger partial charge in [-0.15, -0.1) is 0 Å². The van der Waals surface area contributed by atoms with Crippen LogP contribution in [0, 0.1) is 0 Å². The molecule has 0 aliphatic rings. The highest BCUT2D eigenvalue weighted by atomic mass is 35.5. The minimum absolute atomic E-state index is 0.0214. The number of nitrogens with zero attached hydrogens (tertiary/aromatic N) is 1. The number of unbranched alkanes of at least 4 members (excludes halogenated alkanes) is 11. The van der Waals surface area contributed by atoms with Gasteiger partial charge in [0.25, 0.3) is 0 Å². The molecule has 3 rings (SSSR count). The molecule has 0 N–H and O–H groups in total. The Kier molecular flexibility index (Phi) is 15.8. The van der Waals surface area contributed by atoms with E-state index in [1.807, 2.05) is 65.6 Å². The zero-order valence-electron chi connectivity index (χ0n) is 25.9. The maximum Gasteiger partial charge on any atom is 0.350 e. The van der Waals surface area contributed by atoms with E-state index in [9.17, 15) is 13.2 Å². The number of allylic oxidation sites excluding steroid dienone is 2. The van der Waals surface area contributed by atoms with E-state index in [4.69, 9.17) is 16.3 Å². The lowest BCUT2D eigenvalue weighted by molar-refractivity contribution is -0.138. The quantitative estimate of drug-likeness (QED) is 0.0535. The number of sulfone groups is 1. The minimum atomic E-state index is -4.15. The first kappa shape index (κ1) is 35.1. The van der Waals surface area contributed by atoms with Crippen LogP contribution in [-0.4, -0.2) is 21.0 Å². The van der Waals surface area contributed by atoms with Crippen LogP contribution in [0.4, 0.5) is 11.4 Å². The van der Waals surface area contributed by atoms with Crippen molar-refractivity contribution in [1.82, 2.24) is 0 Å². The van der Waals surface area contributed by atoms with Crippen molar-refractivity contribution in [2.24, 2.45) is 0 Å². The number of ether oxygens (including phenoxy) is 1. The fraction of sp³-hybridized carbons (Fsp3) is 0.378. The largest absolute Gasteiger partial charge is 0.462 e. The van der Waals surface area contributed by atoms with Crippen molar-refractivity contribution in [3.8, 4) is 0 Å². The Morgan fingerprint density at radius 1 is 0.705 bits per heavy atom. The van der Waals surface area contributed by atoms with Crippen molar-refractivity contribution in [2.75, 3.05) is 11.5 Å². The van der Waals surface area contributed by atoms with Crippen LogP contribution in [0.3, 0.4) is 0 Å². The second kappa shape index (κ2) is 19.8. The number of hydrogen-bond donors (Lipinski definition) is 0. The Morgan fingerprint density at radius 2 is 1.18 bits per heavy atom. The number of anilines is 2. The smallest absolute Gasteiger partial charge is 0.350 e. The van der Waals surface area contributed by atoms with E-state index in [1.54, 1.807) is 12.3 Å². The van der Waals surface area contributed by atoms with Crippen LogP contribution >= 0.6 is 11.6 Å². The van der Waals surface area contributed by atoms with Gasteiger partial charge in [-0.05, 0) is 67.1 Å². The predicted octanol–water partition coefficient (Wildman–Crippen LogP) is 10.6. The summed E-state index contributed by atoms with van der Waals surface area (Å²) in [6.07, 6.45) is 19.0. The zero-order chi connectivity index (χ0) is 31.5. The average Bonchev–Trinajstić information content (AvgIpc) is 3.04. The first-order valence-corrected chi connectivity index (χ1v) is 17.7. The summed E-state index contributed by atoms with van der Waals surface area (Å²) in [6.45, 7) is 2.42. The Bertz CT molecular complexity index is 1370. The van der Waals surface area contributed by atoms with Crippen LogP contribution in [0.1, 0.15) is 84.0 Å². The molecule has 44 heavy (non-hydrogen) atoms. The molecule has 0 bridgehead atoms. The Hall–Kier alpha value is -3.35. The van der Waals surface area contributed by atoms with Crippen LogP contribution in [0.2, 0.25) is 5.02 Å². The summed E-state index contributed by atoms with van der Waals surface area (Å²) in [5.41, 5.74) is 1.78. The molecule has 0 spiro atoms. The summed E-state index contributed by atoms with van der Waals surface area (Å²) in [6, 6.07) is 25.2. The van der Waals surface area contributed by atoms with E-state index in [2.05, 4.69) is 6.92 Å². The molecule has 0 fully saturated rings. The molecule has 5 nitrogen and oxygen atoms in total. The van der Waals surface area contributed by atoms with Crippen molar-refractivity contribution in [3.05, 3.63) is 113 Å². The van der Waals surface area contributed by atoms with Crippen molar-refractivity contribution >= 4 is 38.8 Å². The van der Waals surface area contributed by atoms with E-state index in [0.717, 1.165) is 24.2 Å². The van der Waals surface area contributed by atoms with Gasteiger partial charge in [0, 0.05) is 22.6 Å². The second-order valence-corrected chi connectivity index (χ2v) is 13.3. The molecule has 3 aromatic rings. The van der Waals surface area contributed by atoms with Crippen LogP contribution in [0.15, 0.2) is 113 Å². The third kappa shape index (κ3) is 12.0. The van der Waals surface area contributed by atoms with Crippen LogP contribution in [-0.2, 0) is 19.4 Å². The molecule has 7 heteroatoms. The van der Waals surface area contributed by atoms with Gasteiger partial charge in [-0.25, -0.2) is 13.2 Å². The second-order valence-electron chi connectivity index (χ2n) is 10.9. The molecule has 0 heterocycles. The minimum Gasteiger partial charge on any atom is -0.462 e. The molecular formula is C37H46ClNO4S. The molecule has 3 aromatic carbocycles. The fourth-order valence-electron chi connectivity index (χ4n) is 4.90. The predicted molar refractivity (Wildman–Crippen MR) is 183 cm³/mol. The van der Waals surface area contributed by atoms with Gasteiger partial charge >= 0.3 is 5.97 Å². The Balaban J connectivity index is 1.63. The van der Waals surface area contributed by atoms with Crippen LogP contribution in [0.25, 0.3) is 0 Å². The third-order valence-corrected chi connectivity index (χ3v) is 9.42. The van der Waals surface area contributed by atoms with E-state index in [0.29, 0.717) is 11.4 Å². The van der Waals surface area contributed by atoms with Gasteiger partial charge in [0.15, 0.2) is 4.91 Å². The first-order chi connectivity index (χ1) is 21.4. The van der Waals surface area contributed by atoms with Gasteiger partial charge in [-0.1, -0.05) is 126 Å². The van der Waals surface area contributed by atoms with E-state index in [-0.39, 0.29) is 11.5 Å². The molecule has 0 saturated heterocycles. The van der Waals surface area contributed by atoms with E-state index in [1.165, 1.54) is 88.1 Å². The number of para-hydroxylation sites is 2. The number of benzene rings is 3. The number of hydrogen-bond acceptors (Lipinski definition) is 5. The van der Waals surface area contributed by atoms with Gasteiger partial charge < -0.3 is 9.64 Å².